The number of hydrogen-bond acceptors (Lipinski definition) is 4. The number of hydrogen-bond donors (Lipinski definition) is 2. The van der Waals surface area contributed by atoms with Gasteiger partial charge < -0.3 is 10.6 Å². The van der Waals surface area contributed by atoms with Crippen LogP contribution in [0.3, 0.4) is 0 Å². The number of aryl methyl sites for hydroxylation is 1. The van der Waals surface area contributed by atoms with Crippen molar-refractivity contribution in [2.45, 2.75) is 50.7 Å². The molecule has 1 aromatic carbocycles. The number of sulfone groups is 1. The average molecular weight is 367 g/mol. The Morgan fingerprint density at radius 2 is 2.08 bits per heavy atom. The first-order chi connectivity index (χ1) is 12.0. The van der Waals surface area contributed by atoms with Crippen LogP contribution in [0.5, 0.6) is 0 Å². The van der Waals surface area contributed by atoms with E-state index in [2.05, 4.69) is 29.7 Å². The summed E-state index contributed by atoms with van der Waals surface area (Å²) in [6.07, 6.45) is 5.47. The van der Waals surface area contributed by atoms with E-state index >= 15 is 0 Å². The summed E-state index contributed by atoms with van der Waals surface area (Å²) < 4.78 is 23.9. The van der Waals surface area contributed by atoms with Crippen LogP contribution >= 0.6 is 0 Å². The van der Waals surface area contributed by atoms with Crippen LogP contribution in [0, 0.1) is 0 Å². The lowest BCUT2D eigenvalue weighted by atomic mass is 10.0. The first-order valence-electron chi connectivity index (χ1n) is 9.28. The molecule has 0 aromatic heterocycles. The summed E-state index contributed by atoms with van der Waals surface area (Å²) in [7, 11) is -3.01. The molecule has 2 rings (SSSR count). The molecule has 1 atom stereocenters. The van der Waals surface area contributed by atoms with Crippen molar-refractivity contribution in [1.82, 2.24) is 10.6 Å². The second-order valence-corrected chi connectivity index (χ2v) is 9.19. The van der Waals surface area contributed by atoms with Crippen molar-refractivity contribution in [2.24, 2.45) is 0 Å². The van der Waals surface area contributed by atoms with Gasteiger partial charge in [0, 0.05) is 19.6 Å². The minimum atomic E-state index is -3.01. The quantitative estimate of drug-likeness (QED) is 0.654. The zero-order valence-corrected chi connectivity index (χ0v) is 15.9. The molecule has 0 bridgehead atoms. The fourth-order valence-corrected chi connectivity index (χ4v) is 4.76. The average Bonchev–Trinajstić information content (AvgIpc) is 2.57. The molecule has 6 heteroatoms. The molecule has 1 aliphatic heterocycles. The lowest BCUT2D eigenvalue weighted by Crippen LogP contribution is -2.45. The van der Waals surface area contributed by atoms with E-state index in [9.17, 15) is 13.2 Å². The fourth-order valence-electron chi connectivity index (χ4n) is 3.15. The van der Waals surface area contributed by atoms with Gasteiger partial charge in [0.2, 0.25) is 5.91 Å². The highest BCUT2D eigenvalue weighted by molar-refractivity contribution is 7.92. The third-order valence-electron chi connectivity index (χ3n) is 4.66. The van der Waals surface area contributed by atoms with Gasteiger partial charge in [-0.25, -0.2) is 8.42 Å². The van der Waals surface area contributed by atoms with Gasteiger partial charge in [0.15, 0.2) is 9.84 Å². The van der Waals surface area contributed by atoms with Crippen molar-refractivity contribution in [3.8, 4) is 0 Å². The number of nitrogens with one attached hydrogen (secondary N) is 2. The predicted molar refractivity (Wildman–Crippen MR) is 101 cm³/mol. The largest absolute Gasteiger partial charge is 0.356 e. The van der Waals surface area contributed by atoms with Crippen LogP contribution in [-0.2, 0) is 27.5 Å². The molecule has 5 nitrogen and oxygen atoms in total. The lowest BCUT2D eigenvalue weighted by molar-refractivity contribution is -0.120. The van der Waals surface area contributed by atoms with Crippen molar-refractivity contribution in [1.29, 1.82) is 0 Å². The van der Waals surface area contributed by atoms with Crippen LogP contribution in [0.1, 0.15) is 43.7 Å². The van der Waals surface area contributed by atoms with Crippen molar-refractivity contribution in [3.05, 3.63) is 35.4 Å². The van der Waals surface area contributed by atoms with E-state index in [1.165, 1.54) is 24.8 Å². The Bertz CT molecular complexity index is 658. The molecular formula is C19H30N2O3S. The van der Waals surface area contributed by atoms with Crippen LogP contribution in [0.4, 0.5) is 0 Å². The van der Waals surface area contributed by atoms with Gasteiger partial charge in [-0.15, -0.1) is 0 Å². The molecule has 0 aliphatic carbocycles. The molecule has 1 aliphatic rings. The number of carbonyl (C=O) groups is 1. The van der Waals surface area contributed by atoms with Gasteiger partial charge in [-0.2, -0.15) is 0 Å². The van der Waals surface area contributed by atoms with Crippen LogP contribution in [-0.4, -0.2) is 45.0 Å². The highest BCUT2D eigenvalue weighted by Crippen LogP contribution is 2.11. The van der Waals surface area contributed by atoms with E-state index in [1.807, 2.05) is 12.1 Å². The van der Waals surface area contributed by atoms with Crippen molar-refractivity contribution < 1.29 is 13.2 Å². The molecule has 1 amide bonds. The third-order valence-corrected chi connectivity index (χ3v) is 6.85. The Kier molecular flexibility index (Phi) is 7.90. The van der Waals surface area contributed by atoms with Crippen molar-refractivity contribution >= 4 is 15.7 Å². The second-order valence-electron chi connectivity index (χ2n) is 6.79. The van der Waals surface area contributed by atoms with E-state index in [-0.39, 0.29) is 16.9 Å². The zero-order valence-electron chi connectivity index (χ0n) is 15.1. The first kappa shape index (κ1) is 19.9. The number of benzene rings is 1. The standard InChI is InChI=1S/C19H30N2O3S/c1-2-3-4-6-16-7-5-8-17(13-16)14-19(22)21-10-9-18-15-20-11-12-25(18,23)24/h5,7-8,13,18,20H,2-4,6,9-12,14-15H2,1H3,(H,21,22). The molecule has 1 unspecified atom stereocenters. The van der Waals surface area contributed by atoms with Gasteiger partial charge in [0.05, 0.1) is 17.4 Å². The minimum Gasteiger partial charge on any atom is -0.356 e. The van der Waals surface area contributed by atoms with Gasteiger partial charge in [0.25, 0.3) is 0 Å². The Hall–Kier alpha value is -1.40. The maximum atomic E-state index is 12.1. The van der Waals surface area contributed by atoms with Crippen molar-refractivity contribution in [3.63, 3.8) is 0 Å². The fraction of sp³-hybridized carbons (Fsp3) is 0.632. The van der Waals surface area contributed by atoms with E-state index in [0.717, 1.165) is 12.0 Å². The molecular weight excluding hydrogens is 336 g/mol. The maximum absolute atomic E-state index is 12.1. The molecule has 2 N–H and O–H groups in total. The highest BCUT2D eigenvalue weighted by Gasteiger charge is 2.28. The SMILES string of the molecule is CCCCCc1cccc(CC(=O)NCCC2CNCCS2(=O)=O)c1. The van der Waals surface area contributed by atoms with Gasteiger partial charge in [-0.05, 0) is 30.4 Å². The van der Waals surface area contributed by atoms with Gasteiger partial charge in [0.1, 0.15) is 0 Å². The summed E-state index contributed by atoms with van der Waals surface area (Å²) in [5.74, 6) is 0.142. The van der Waals surface area contributed by atoms with E-state index < -0.39 is 9.84 Å². The van der Waals surface area contributed by atoms with Gasteiger partial charge in [-0.1, -0.05) is 44.0 Å². The summed E-state index contributed by atoms with van der Waals surface area (Å²) in [5.41, 5.74) is 2.29. The summed E-state index contributed by atoms with van der Waals surface area (Å²) in [4.78, 5) is 12.1. The molecule has 0 spiro atoms. The number of carbonyl (C=O) groups excluding carboxylic acids is 1. The van der Waals surface area contributed by atoms with E-state index in [0.29, 0.717) is 32.5 Å². The van der Waals surface area contributed by atoms with Crippen LogP contribution in [0.25, 0.3) is 0 Å². The van der Waals surface area contributed by atoms with Gasteiger partial charge in [-0.3, -0.25) is 4.79 Å². The predicted octanol–water partition coefficient (Wildman–Crippen LogP) is 1.85. The first-order valence-corrected chi connectivity index (χ1v) is 11.0. The topological polar surface area (TPSA) is 75.3 Å². The molecule has 1 heterocycles. The maximum Gasteiger partial charge on any atom is 0.224 e. The summed E-state index contributed by atoms with van der Waals surface area (Å²) in [6.45, 7) is 3.60. The van der Waals surface area contributed by atoms with Crippen LogP contribution in [0.2, 0.25) is 0 Å². The summed E-state index contributed by atoms with van der Waals surface area (Å²) in [5, 5.41) is 5.57. The summed E-state index contributed by atoms with van der Waals surface area (Å²) >= 11 is 0. The number of rotatable bonds is 9. The molecule has 140 valence electrons. The van der Waals surface area contributed by atoms with Crippen LogP contribution < -0.4 is 10.6 Å². The molecule has 1 saturated heterocycles. The highest BCUT2D eigenvalue weighted by atomic mass is 32.2. The number of amides is 1. The molecule has 0 radical (unpaired) electrons. The molecule has 0 saturated carbocycles. The summed E-state index contributed by atoms with van der Waals surface area (Å²) in [6, 6.07) is 8.19. The van der Waals surface area contributed by atoms with E-state index in [1.54, 1.807) is 0 Å². The Morgan fingerprint density at radius 1 is 1.28 bits per heavy atom. The molecule has 1 aromatic rings. The molecule has 25 heavy (non-hydrogen) atoms. The van der Waals surface area contributed by atoms with E-state index in [4.69, 9.17) is 0 Å². The minimum absolute atomic E-state index is 0.0492. The van der Waals surface area contributed by atoms with Crippen LogP contribution in [0.15, 0.2) is 24.3 Å². The second kappa shape index (κ2) is 9.92. The molecule has 1 fully saturated rings. The third kappa shape index (κ3) is 6.78. The van der Waals surface area contributed by atoms with Gasteiger partial charge >= 0.3 is 0 Å². The Balaban J connectivity index is 1.75. The Morgan fingerprint density at radius 3 is 2.84 bits per heavy atom. The smallest absolute Gasteiger partial charge is 0.224 e. The normalized spacial score (nSPS) is 19.5. The zero-order chi connectivity index (χ0) is 18.1. The Labute approximate surface area is 151 Å². The lowest BCUT2D eigenvalue weighted by Gasteiger charge is -2.23. The van der Waals surface area contributed by atoms with Crippen molar-refractivity contribution in [2.75, 3.05) is 25.4 Å². The monoisotopic (exact) mass is 366 g/mol. The number of unbranched alkanes of at least 4 members (excludes halogenated alkanes) is 2.